The fraction of sp³-hybridized carbons (Fsp3) is 0.435. The van der Waals surface area contributed by atoms with Gasteiger partial charge in [0.2, 0.25) is 5.91 Å². The zero-order chi connectivity index (χ0) is 20.1. The maximum Gasteiger partial charge on any atom is 0.226 e. The van der Waals surface area contributed by atoms with Gasteiger partial charge in [0.15, 0.2) is 0 Å². The maximum atomic E-state index is 13.1. The van der Waals surface area contributed by atoms with Crippen LogP contribution in [0.4, 0.5) is 0 Å². The second kappa shape index (κ2) is 9.50. The summed E-state index contributed by atoms with van der Waals surface area (Å²) in [6.45, 7) is 6.56. The number of amides is 1. The zero-order valence-corrected chi connectivity index (χ0v) is 16.9. The Bertz CT molecular complexity index is 790. The highest BCUT2D eigenvalue weighted by molar-refractivity contribution is 5.80. The molecule has 3 atom stereocenters. The van der Waals surface area contributed by atoms with E-state index in [1.54, 1.807) is 0 Å². The van der Waals surface area contributed by atoms with Crippen molar-refractivity contribution in [3.05, 3.63) is 71.3 Å². The summed E-state index contributed by atoms with van der Waals surface area (Å²) in [4.78, 5) is 15.5. The van der Waals surface area contributed by atoms with E-state index in [4.69, 9.17) is 4.74 Å². The number of aryl methyl sites for hydroxylation is 1. The summed E-state index contributed by atoms with van der Waals surface area (Å²) >= 11 is 0. The molecular formula is C23H30N4O2. The lowest BCUT2D eigenvalue weighted by Crippen LogP contribution is -2.45. The van der Waals surface area contributed by atoms with Gasteiger partial charge in [-0.15, -0.1) is 0 Å². The van der Waals surface area contributed by atoms with Crippen LogP contribution in [0.1, 0.15) is 28.8 Å². The quantitative estimate of drug-likeness (QED) is 0.699. The lowest BCUT2D eigenvalue weighted by atomic mass is 9.94. The molecule has 0 bridgehead atoms. The number of morpholine rings is 1. The minimum absolute atomic E-state index is 0.0163. The molecule has 154 valence electrons. The van der Waals surface area contributed by atoms with E-state index in [1.165, 1.54) is 11.1 Å². The van der Waals surface area contributed by atoms with Gasteiger partial charge in [-0.2, -0.15) is 0 Å². The first-order chi connectivity index (χ1) is 14.2. The van der Waals surface area contributed by atoms with Crippen LogP contribution in [0.5, 0.6) is 0 Å². The predicted molar refractivity (Wildman–Crippen MR) is 113 cm³/mol. The molecule has 0 aromatic heterocycles. The van der Waals surface area contributed by atoms with E-state index in [9.17, 15) is 4.79 Å². The maximum absolute atomic E-state index is 13.1. The standard InChI is InChI=1S/C23H30N4O2/c1-17-7-9-18(10-8-17)21(27-11-13-29-14-12-27)16-24-23(28)20-15-25-26-22(20)19-5-3-2-4-6-19/h2-10,20-22,25-26H,11-16H2,1H3,(H,24,28). The van der Waals surface area contributed by atoms with Crippen molar-refractivity contribution in [2.45, 2.75) is 19.0 Å². The second-order valence-electron chi connectivity index (χ2n) is 7.84. The van der Waals surface area contributed by atoms with Crippen LogP contribution in [-0.4, -0.2) is 50.2 Å². The summed E-state index contributed by atoms with van der Waals surface area (Å²) in [7, 11) is 0. The number of nitrogens with zero attached hydrogens (tertiary/aromatic N) is 1. The van der Waals surface area contributed by atoms with Crippen LogP contribution in [0.25, 0.3) is 0 Å². The fourth-order valence-corrected chi connectivity index (χ4v) is 4.18. The summed E-state index contributed by atoms with van der Waals surface area (Å²) in [5, 5.41) is 3.23. The van der Waals surface area contributed by atoms with Gasteiger partial charge in [-0.05, 0) is 18.1 Å². The zero-order valence-electron chi connectivity index (χ0n) is 16.9. The van der Waals surface area contributed by atoms with Crippen molar-refractivity contribution in [3.8, 4) is 0 Å². The van der Waals surface area contributed by atoms with Crippen LogP contribution in [0.15, 0.2) is 54.6 Å². The van der Waals surface area contributed by atoms with E-state index in [1.807, 2.05) is 18.2 Å². The van der Waals surface area contributed by atoms with Gasteiger partial charge in [0.1, 0.15) is 0 Å². The summed E-state index contributed by atoms with van der Waals surface area (Å²) < 4.78 is 5.53. The molecule has 6 nitrogen and oxygen atoms in total. The minimum Gasteiger partial charge on any atom is -0.379 e. The molecule has 2 aromatic rings. The third-order valence-corrected chi connectivity index (χ3v) is 5.90. The van der Waals surface area contributed by atoms with Gasteiger partial charge in [0.25, 0.3) is 0 Å². The number of hydrazine groups is 1. The van der Waals surface area contributed by atoms with E-state index in [0.29, 0.717) is 13.1 Å². The first-order valence-electron chi connectivity index (χ1n) is 10.4. The van der Waals surface area contributed by atoms with Crippen LogP contribution in [0.3, 0.4) is 0 Å². The minimum atomic E-state index is -0.138. The lowest BCUT2D eigenvalue weighted by molar-refractivity contribution is -0.125. The van der Waals surface area contributed by atoms with Crippen molar-refractivity contribution in [1.82, 2.24) is 21.1 Å². The Hall–Kier alpha value is -2.25. The molecule has 2 aliphatic rings. The van der Waals surface area contributed by atoms with Gasteiger partial charge < -0.3 is 10.1 Å². The molecule has 29 heavy (non-hydrogen) atoms. The molecule has 1 amide bonds. The van der Waals surface area contributed by atoms with E-state index in [0.717, 1.165) is 31.9 Å². The number of rotatable bonds is 6. The fourth-order valence-electron chi connectivity index (χ4n) is 4.18. The van der Waals surface area contributed by atoms with Crippen molar-refractivity contribution in [2.75, 3.05) is 39.4 Å². The van der Waals surface area contributed by atoms with E-state index in [2.05, 4.69) is 64.4 Å². The van der Waals surface area contributed by atoms with Crippen LogP contribution in [0, 0.1) is 12.8 Å². The molecule has 3 unspecified atom stereocenters. The molecular weight excluding hydrogens is 364 g/mol. The lowest BCUT2D eigenvalue weighted by Gasteiger charge is -2.35. The second-order valence-corrected chi connectivity index (χ2v) is 7.84. The van der Waals surface area contributed by atoms with Gasteiger partial charge in [-0.25, -0.2) is 5.43 Å². The number of carbonyl (C=O) groups excluding carboxylic acids is 1. The van der Waals surface area contributed by atoms with Gasteiger partial charge in [0, 0.05) is 26.2 Å². The number of nitrogens with one attached hydrogen (secondary N) is 3. The molecule has 2 aromatic carbocycles. The van der Waals surface area contributed by atoms with Gasteiger partial charge in [0.05, 0.1) is 31.2 Å². The van der Waals surface area contributed by atoms with E-state index < -0.39 is 0 Å². The highest BCUT2D eigenvalue weighted by Gasteiger charge is 2.34. The van der Waals surface area contributed by atoms with Crippen LogP contribution >= 0.6 is 0 Å². The first-order valence-corrected chi connectivity index (χ1v) is 10.4. The molecule has 3 N–H and O–H groups in total. The highest BCUT2D eigenvalue weighted by Crippen LogP contribution is 2.26. The molecule has 0 saturated carbocycles. The molecule has 0 aliphatic carbocycles. The Morgan fingerprint density at radius 2 is 1.86 bits per heavy atom. The molecule has 0 spiro atoms. The molecule has 6 heteroatoms. The van der Waals surface area contributed by atoms with Crippen LogP contribution < -0.4 is 16.2 Å². The van der Waals surface area contributed by atoms with Gasteiger partial charge >= 0.3 is 0 Å². The predicted octanol–water partition coefficient (Wildman–Crippen LogP) is 1.95. The average molecular weight is 395 g/mol. The summed E-state index contributed by atoms with van der Waals surface area (Å²) in [6, 6.07) is 18.9. The SMILES string of the molecule is Cc1ccc(C(CNC(=O)C2CNNC2c2ccccc2)N2CCOCC2)cc1. The third-order valence-electron chi connectivity index (χ3n) is 5.90. The van der Waals surface area contributed by atoms with Crippen molar-refractivity contribution in [3.63, 3.8) is 0 Å². The summed E-state index contributed by atoms with van der Waals surface area (Å²) in [6.07, 6.45) is 0. The molecule has 0 radical (unpaired) electrons. The molecule has 2 fully saturated rings. The van der Waals surface area contributed by atoms with Crippen LogP contribution in [0.2, 0.25) is 0 Å². The monoisotopic (exact) mass is 394 g/mol. The Labute approximate surface area is 172 Å². The normalized spacial score (nSPS) is 23.6. The smallest absolute Gasteiger partial charge is 0.226 e. The Morgan fingerprint density at radius 1 is 1.14 bits per heavy atom. The topological polar surface area (TPSA) is 65.6 Å². The Morgan fingerprint density at radius 3 is 2.59 bits per heavy atom. The number of hydrogen-bond donors (Lipinski definition) is 3. The van der Waals surface area contributed by atoms with Crippen molar-refractivity contribution in [2.24, 2.45) is 5.92 Å². The molecule has 4 rings (SSSR count). The molecule has 2 heterocycles. The largest absolute Gasteiger partial charge is 0.379 e. The third kappa shape index (κ3) is 4.85. The van der Waals surface area contributed by atoms with Gasteiger partial charge in [-0.1, -0.05) is 60.2 Å². The van der Waals surface area contributed by atoms with Crippen molar-refractivity contribution < 1.29 is 9.53 Å². The van der Waals surface area contributed by atoms with Gasteiger partial charge in [-0.3, -0.25) is 15.1 Å². The number of hydrogen-bond acceptors (Lipinski definition) is 5. The average Bonchev–Trinajstić information content (AvgIpc) is 3.26. The summed E-state index contributed by atoms with van der Waals surface area (Å²) in [5.41, 5.74) is 10.0. The Kier molecular flexibility index (Phi) is 6.56. The number of ether oxygens (including phenoxy) is 1. The van der Waals surface area contributed by atoms with Crippen molar-refractivity contribution >= 4 is 5.91 Å². The highest BCUT2D eigenvalue weighted by atomic mass is 16.5. The van der Waals surface area contributed by atoms with E-state index >= 15 is 0 Å². The number of benzene rings is 2. The molecule has 2 aliphatic heterocycles. The van der Waals surface area contributed by atoms with Crippen LogP contribution in [-0.2, 0) is 9.53 Å². The van der Waals surface area contributed by atoms with E-state index in [-0.39, 0.29) is 23.9 Å². The van der Waals surface area contributed by atoms with Crippen molar-refractivity contribution in [1.29, 1.82) is 0 Å². The number of carbonyl (C=O) groups is 1. The summed E-state index contributed by atoms with van der Waals surface area (Å²) in [5.74, 6) is -0.0533. The Balaban J connectivity index is 1.45. The molecule has 2 saturated heterocycles. The first kappa shape index (κ1) is 20.0.